The van der Waals surface area contributed by atoms with Crippen molar-refractivity contribution in [3.8, 4) is 0 Å². The Bertz CT molecular complexity index is 495. The molecule has 1 aliphatic heterocycles. The molecule has 1 heterocycles. The third-order valence-corrected chi connectivity index (χ3v) is 3.40. The maximum Gasteiger partial charge on any atom is 0.265 e. The van der Waals surface area contributed by atoms with E-state index < -0.39 is 15.8 Å². The topological polar surface area (TPSA) is 70.0 Å². The van der Waals surface area contributed by atoms with Crippen molar-refractivity contribution < 1.29 is 9.00 Å². The second-order valence-corrected chi connectivity index (χ2v) is 4.82. The zero-order valence-corrected chi connectivity index (χ0v) is 7.91. The van der Waals surface area contributed by atoms with E-state index >= 15 is 0 Å². The second kappa shape index (κ2) is 2.46. The molecule has 1 aliphatic rings. The molecular weight excluding hydrogens is 212 g/mol. The summed E-state index contributed by atoms with van der Waals surface area (Å²) in [5.41, 5.74) is 0.268. The molecule has 0 saturated carbocycles. The molecule has 0 aliphatic carbocycles. The van der Waals surface area contributed by atoms with Gasteiger partial charge >= 0.3 is 0 Å². The Hall–Kier alpha value is -1.07. The molecule has 2 rings (SSSR count). The summed E-state index contributed by atoms with van der Waals surface area (Å²) in [5.74, 6) is -0.480. The molecule has 4 nitrogen and oxygen atoms in total. The number of carbonyl (C=O) groups excluding carboxylic acids is 1. The zero-order chi connectivity index (χ0) is 9.64. The third-order valence-electron chi connectivity index (χ3n) is 1.73. The van der Waals surface area contributed by atoms with Crippen LogP contribution >= 0.6 is 11.6 Å². The van der Waals surface area contributed by atoms with Gasteiger partial charge in [0.1, 0.15) is 0 Å². The highest BCUT2D eigenvalue weighted by Crippen LogP contribution is 2.25. The molecule has 2 N–H and O–H groups in total. The van der Waals surface area contributed by atoms with E-state index in [1.54, 1.807) is 0 Å². The Kier molecular flexibility index (Phi) is 1.61. The van der Waals surface area contributed by atoms with Crippen LogP contribution in [0.2, 0.25) is 5.02 Å². The SMILES string of the molecule is N=S1(=O)NC(=O)c2ccc(Cl)cc21. The second-order valence-electron chi connectivity index (χ2n) is 2.63. The Balaban J connectivity index is 2.81. The predicted molar refractivity (Wildman–Crippen MR) is 48.0 cm³/mol. The molecule has 13 heavy (non-hydrogen) atoms. The first kappa shape index (κ1) is 8.52. The van der Waals surface area contributed by atoms with Crippen molar-refractivity contribution in [2.45, 2.75) is 4.90 Å². The molecule has 0 bridgehead atoms. The standard InChI is InChI=1S/C7H5ClN2O2S/c8-4-1-2-5-6(3-4)13(9,12)10-7(5)11/h1-3H,(H2,9,10,11,12). The van der Waals surface area contributed by atoms with Crippen molar-refractivity contribution in [3.05, 3.63) is 28.8 Å². The summed E-state index contributed by atoms with van der Waals surface area (Å²) in [6.45, 7) is 0. The van der Waals surface area contributed by atoms with Gasteiger partial charge in [-0.05, 0) is 18.2 Å². The fourth-order valence-electron chi connectivity index (χ4n) is 1.16. The quantitative estimate of drug-likeness (QED) is 0.688. The normalized spacial score (nSPS) is 25.5. The van der Waals surface area contributed by atoms with Gasteiger partial charge in [-0.3, -0.25) is 9.52 Å². The van der Waals surface area contributed by atoms with Gasteiger partial charge in [0.2, 0.25) is 0 Å². The number of hydrogen-bond donors (Lipinski definition) is 2. The van der Waals surface area contributed by atoms with Crippen LogP contribution in [-0.2, 0) is 9.92 Å². The summed E-state index contributed by atoms with van der Waals surface area (Å²) in [6.07, 6.45) is 0. The van der Waals surface area contributed by atoms with E-state index in [2.05, 4.69) is 4.72 Å². The van der Waals surface area contributed by atoms with Crippen molar-refractivity contribution in [2.75, 3.05) is 0 Å². The van der Waals surface area contributed by atoms with Gasteiger partial charge < -0.3 is 0 Å². The maximum atomic E-state index is 11.4. The lowest BCUT2D eigenvalue weighted by Crippen LogP contribution is -2.19. The van der Waals surface area contributed by atoms with Crippen LogP contribution in [0, 0.1) is 4.78 Å². The van der Waals surface area contributed by atoms with Gasteiger partial charge in [-0.2, -0.15) is 0 Å². The van der Waals surface area contributed by atoms with Crippen LogP contribution in [0.1, 0.15) is 10.4 Å². The molecule has 0 spiro atoms. The molecule has 6 heteroatoms. The predicted octanol–water partition coefficient (Wildman–Crippen LogP) is 1.40. The first-order valence-corrected chi connectivity index (χ1v) is 5.35. The molecule has 1 amide bonds. The van der Waals surface area contributed by atoms with Crippen molar-refractivity contribution >= 4 is 27.4 Å². The van der Waals surface area contributed by atoms with Crippen LogP contribution in [0.5, 0.6) is 0 Å². The van der Waals surface area contributed by atoms with Gasteiger partial charge in [-0.25, -0.2) is 8.99 Å². The number of carbonyl (C=O) groups is 1. The molecule has 1 unspecified atom stereocenters. The monoisotopic (exact) mass is 216 g/mol. The van der Waals surface area contributed by atoms with Crippen LogP contribution in [0.25, 0.3) is 0 Å². The van der Waals surface area contributed by atoms with Gasteiger partial charge in [-0.1, -0.05) is 11.6 Å². The van der Waals surface area contributed by atoms with Gasteiger partial charge in [0.05, 0.1) is 10.5 Å². The maximum absolute atomic E-state index is 11.4. The number of benzene rings is 1. The van der Waals surface area contributed by atoms with Crippen LogP contribution in [-0.4, -0.2) is 10.1 Å². The highest BCUT2D eigenvalue weighted by atomic mass is 35.5. The van der Waals surface area contributed by atoms with Crippen molar-refractivity contribution in [3.63, 3.8) is 0 Å². The number of halogens is 1. The van der Waals surface area contributed by atoms with E-state index in [1.807, 2.05) is 0 Å². The van der Waals surface area contributed by atoms with Crippen LogP contribution in [0.15, 0.2) is 23.1 Å². The molecule has 0 saturated heterocycles. The van der Waals surface area contributed by atoms with E-state index in [0.717, 1.165) is 0 Å². The minimum absolute atomic E-state index is 0.171. The number of rotatable bonds is 0. The summed E-state index contributed by atoms with van der Waals surface area (Å²) in [5, 5.41) is 0.371. The first-order chi connectivity index (χ1) is 6.00. The number of amides is 1. The van der Waals surface area contributed by atoms with Crippen LogP contribution in [0.3, 0.4) is 0 Å². The number of hydrogen-bond acceptors (Lipinski definition) is 3. The fraction of sp³-hybridized carbons (Fsp3) is 0. The minimum Gasteiger partial charge on any atom is -0.268 e. The lowest BCUT2D eigenvalue weighted by Gasteiger charge is -1.97. The molecule has 0 aromatic heterocycles. The lowest BCUT2D eigenvalue weighted by molar-refractivity contribution is 0.0985. The highest BCUT2D eigenvalue weighted by Gasteiger charge is 2.29. The Morgan fingerprint density at radius 3 is 2.85 bits per heavy atom. The van der Waals surface area contributed by atoms with Crippen LogP contribution in [0.4, 0.5) is 0 Å². The van der Waals surface area contributed by atoms with Gasteiger partial charge in [0.25, 0.3) is 5.91 Å². The highest BCUT2D eigenvalue weighted by molar-refractivity contribution is 7.91. The van der Waals surface area contributed by atoms with Gasteiger partial charge in [-0.15, -0.1) is 0 Å². The van der Waals surface area contributed by atoms with Gasteiger partial charge in [0, 0.05) is 5.02 Å². The average molecular weight is 217 g/mol. The molecule has 0 radical (unpaired) electrons. The van der Waals surface area contributed by atoms with Crippen molar-refractivity contribution in [2.24, 2.45) is 0 Å². The lowest BCUT2D eigenvalue weighted by atomic mass is 10.2. The number of nitrogens with one attached hydrogen (secondary N) is 2. The third kappa shape index (κ3) is 1.20. The van der Waals surface area contributed by atoms with E-state index in [0.29, 0.717) is 5.02 Å². The van der Waals surface area contributed by atoms with Gasteiger partial charge in [0.15, 0.2) is 9.92 Å². The molecule has 1 aromatic rings. The summed E-state index contributed by atoms with van der Waals surface area (Å²) in [4.78, 5) is 11.3. The Morgan fingerprint density at radius 2 is 2.15 bits per heavy atom. The van der Waals surface area contributed by atoms with E-state index in [9.17, 15) is 9.00 Å². The Morgan fingerprint density at radius 1 is 1.46 bits per heavy atom. The molecule has 1 atom stereocenters. The van der Waals surface area contributed by atoms with Crippen LogP contribution < -0.4 is 4.72 Å². The minimum atomic E-state index is -3.16. The van der Waals surface area contributed by atoms with E-state index in [-0.39, 0.29) is 10.5 Å². The van der Waals surface area contributed by atoms with Crippen molar-refractivity contribution in [1.29, 1.82) is 4.78 Å². The summed E-state index contributed by atoms with van der Waals surface area (Å²) in [7, 11) is -3.16. The summed E-state index contributed by atoms with van der Waals surface area (Å²) >= 11 is 5.65. The first-order valence-electron chi connectivity index (χ1n) is 3.41. The van der Waals surface area contributed by atoms with E-state index in [4.69, 9.17) is 16.4 Å². The molecule has 68 valence electrons. The van der Waals surface area contributed by atoms with Crippen molar-refractivity contribution in [1.82, 2.24) is 4.72 Å². The fourth-order valence-corrected chi connectivity index (χ4v) is 2.64. The zero-order valence-electron chi connectivity index (χ0n) is 6.33. The summed E-state index contributed by atoms with van der Waals surface area (Å²) < 4.78 is 20.9. The average Bonchev–Trinajstić information content (AvgIpc) is 2.23. The largest absolute Gasteiger partial charge is 0.268 e. The molecule has 0 fully saturated rings. The Labute approximate surface area is 80.0 Å². The number of fused-ring (bicyclic) bond motifs is 1. The molecule has 1 aromatic carbocycles. The van der Waals surface area contributed by atoms with E-state index in [1.165, 1.54) is 18.2 Å². The summed E-state index contributed by atoms with van der Waals surface area (Å²) in [6, 6.07) is 4.37. The smallest absolute Gasteiger partial charge is 0.265 e. The molecular formula is C7H5ClN2O2S.